The summed E-state index contributed by atoms with van der Waals surface area (Å²) in [6.07, 6.45) is 5.97. The third-order valence-electron chi connectivity index (χ3n) is 4.48. The molecule has 1 aromatic carbocycles. The van der Waals surface area contributed by atoms with Crippen LogP contribution in [-0.2, 0) is 4.79 Å². The predicted molar refractivity (Wildman–Crippen MR) is 100.0 cm³/mol. The molecule has 0 aromatic heterocycles. The molecule has 0 radical (unpaired) electrons. The van der Waals surface area contributed by atoms with E-state index in [4.69, 9.17) is 0 Å². The highest BCUT2D eigenvalue weighted by Crippen LogP contribution is 2.19. The van der Waals surface area contributed by atoms with Crippen LogP contribution in [0, 0.1) is 0 Å². The fourth-order valence-corrected chi connectivity index (χ4v) is 3.19. The van der Waals surface area contributed by atoms with Crippen LogP contribution in [-0.4, -0.2) is 30.6 Å². The molecule has 4 heteroatoms. The molecule has 1 unspecified atom stereocenters. The quantitative estimate of drug-likeness (QED) is 0.673. The van der Waals surface area contributed by atoms with Gasteiger partial charge in [-0.2, -0.15) is 0 Å². The molecular weight excluding hydrogens is 298 g/mol. The third-order valence-corrected chi connectivity index (χ3v) is 4.48. The lowest BCUT2D eigenvalue weighted by atomic mass is 9.95. The van der Waals surface area contributed by atoms with E-state index in [1.165, 1.54) is 19.3 Å². The number of benzene rings is 1. The van der Waals surface area contributed by atoms with Crippen LogP contribution in [0.3, 0.4) is 0 Å². The zero-order valence-corrected chi connectivity index (χ0v) is 15.4. The summed E-state index contributed by atoms with van der Waals surface area (Å²) < 4.78 is 0. The average Bonchev–Trinajstić information content (AvgIpc) is 2.55. The highest BCUT2D eigenvalue weighted by atomic mass is 16.2. The summed E-state index contributed by atoms with van der Waals surface area (Å²) in [5, 5.41) is 10.1. The van der Waals surface area contributed by atoms with Gasteiger partial charge in [0.15, 0.2) is 0 Å². The molecule has 0 spiro atoms. The van der Waals surface area contributed by atoms with E-state index in [2.05, 4.69) is 36.7 Å². The smallest absolute Gasteiger partial charge is 0.241 e. The van der Waals surface area contributed by atoms with Crippen LogP contribution in [0.4, 0.5) is 0 Å². The molecule has 3 N–H and O–H groups in total. The molecule has 4 nitrogen and oxygen atoms in total. The van der Waals surface area contributed by atoms with Gasteiger partial charge in [0.05, 0.1) is 0 Å². The molecule has 1 fully saturated rings. The summed E-state index contributed by atoms with van der Waals surface area (Å²) in [6, 6.07) is 10.1. The summed E-state index contributed by atoms with van der Waals surface area (Å²) >= 11 is 0. The Hall–Kier alpha value is -1.39. The van der Waals surface area contributed by atoms with Crippen LogP contribution in [0.1, 0.15) is 64.5 Å². The number of hydrogen-bond acceptors (Lipinski definition) is 3. The van der Waals surface area contributed by atoms with E-state index in [9.17, 15) is 4.79 Å². The van der Waals surface area contributed by atoms with Gasteiger partial charge in [-0.3, -0.25) is 4.79 Å². The summed E-state index contributed by atoms with van der Waals surface area (Å²) in [7, 11) is 0. The van der Waals surface area contributed by atoms with Gasteiger partial charge in [-0.25, -0.2) is 0 Å². The van der Waals surface area contributed by atoms with Crippen LogP contribution < -0.4 is 16.0 Å². The van der Waals surface area contributed by atoms with Crippen molar-refractivity contribution in [2.45, 2.75) is 70.5 Å². The molecule has 0 saturated heterocycles. The summed E-state index contributed by atoms with van der Waals surface area (Å²) in [6.45, 7) is 8.05. The number of rotatable bonds is 7. The molecule has 1 atom stereocenters. The Morgan fingerprint density at radius 3 is 2.38 bits per heavy atom. The number of carbonyl (C=O) groups excluding carboxylic acids is 1. The molecule has 1 aliphatic rings. The molecule has 24 heavy (non-hydrogen) atoms. The maximum absolute atomic E-state index is 12.8. The van der Waals surface area contributed by atoms with Crippen molar-refractivity contribution < 1.29 is 4.79 Å². The standard InChI is InChI=1S/C20H33N3O/c1-20(2,3)22-15-14-21-18(16-10-6-4-7-11-16)19(24)23-17-12-8-5-9-13-17/h4,6-7,10-11,17-18,21-22H,5,8-9,12-15H2,1-3H3,(H,23,24). The zero-order valence-electron chi connectivity index (χ0n) is 15.4. The van der Waals surface area contributed by atoms with Crippen molar-refractivity contribution in [3.8, 4) is 0 Å². The maximum atomic E-state index is 12.8. The average molecular weight is 332 g/mol. The predicted octanol–water partition coefficient (Wildman–Crippen LogP) is 3.15. The first-order valence-corrected chi connectivity index (χ1v) is 9.29. The van der Waals surface area contributed by atoms with Crippen molar-refractivity contribution in [2.75, 3.05) is 13.1 Å². The highest BCUT2D eigenvalue weighted by Gasteiger charge is 2.23. The molecule has 1 saturated carbocycles. The molecule has 1 amide bonds. The number of nitrogens with one attached hydrogen (secondary N) is 3. The van der Waals surface area contributed by atoms with Gasteiger partial charge in [-0.05, 0) is 39.2 Å². The normalized spacial score (nSPS) is 17.5. The van der Waals surface area contributed by atoms with E-state index in [0.717, 1.165) is 31.5 Å². The second-order valence-electron chi connectivity index (χ2n) is 7.82. The van der Waals surface area contributed by atoms with E-state index >= 15 is 0 Å². The van der Waals surface area contributed by atoms with Gasteiger partial charge in [-0.1, -0.05) is 49.6 Å². The Morgan fingerprint density at radius 2 is 1.75 bits per heavy atom. The number of carbonyl (C=O) groups is 1. The molecule has 1 aromatic rings. The molecule has 0 heterocycles. The van der Waals surface area contributed by atoms with E-state index in [1.807, 2.05) is 30.3 Å². The van der Waals surface area contributed by atoms with Gasteiger partial charge >= 0.3 is 0 Å². The second kappa shape index (κ2) is 9.19. The first-order chi connectivity index (χ1) is 11.5. The largest absolute Gasteiger partial charge is 0.352 e. The Bertz CT molecular complexity index is 489. The second-order valence-corrected chi connectivity index (χ2v) is 7.82. The minimum Gasteiger partial charge on any atom is -0.352 e. The lowest BCUT2D eigenvalue weighted by Gasteiger charge is -2.27. The first kappa shape index (κ1) is 18.9. The fraction of sp³-hybridized carbons (Fsp3) is 0.650. The lowest BCUT2D eigenvalue weighted by molar-refractivity contribution is -0.124. The van der Waals surface area contributed by atoms with Crippen LogP contribution >= 0.6 is 0 Å². The lowest BCUT2D eigenvalue weighted by Crippen LogP contribution is -2.46. The van der Waals surface area contributed by atoms with Gasteiger partial charge in [0, 0.05) is 24.7 Å². The van der Waals surface area contributed by atoms with Crippen molar-refractivity contribution in [3.05, 3.63) is 35.9 Å². The van der Waals surface area contributed by atoms with Gasteiger partial charge in [0.25, 0.3) is 0 Å². The fourth-order valence-electron chi connectivity index (χ4n) is 3.19. The van der Waals surface area contributed by atoms with Gasteiger partial charge in [0.2, 0.25) is 5.91 Å². The summed E-state index contributed by atoms with van der Waals surface area (Å²) in [5.74, 6) is 0.101. The van der Waals surface area contributed by atoms with Crippen LogP contribution in [0.5, 0.6) is 0 Å². The van der Waals surface area contributed by atoms with Gasteiger partial charge in [-0.15, -0.1) is 0 Å². The first-order valence-electron chi connectivity index (χ1n) is 9.29. The SMILES string of the molecule is CC(C)(C)NCCNC(C(=O)NC1CCCCC1)c1ccccc1. The topological polar surface area (TPSA) is 53.2 Å². The molecule has 1 aliphatic carbocycles. The Morgan fingerprint density at radius 1 is 1.08 bits per heavy atom. The van der Waals surface area contributed by atoms with E-state index in [0.29, 0.717) is 6.04 Å². The third kappa shape index (κ3) is 6.62. The number of hydrogen-bond donors (Lipinski definition) is 3. The Kier molecular flexibility index (Phi) is 7.25. The number of amides is 1. The molecular formula is C20H33N3O. The van der Waals surface area contributed by atoms with Crippen LogP contribution in [0.2, 0.25) is 0 Å². The van der Waals surface area contributed by atoms with Crippen LogP contribution in [0.25, 0.3) is 0 Å². The van der Waals surface area contributed by atoms with Crippen molar-refractivity contribution in [1.82, 2.24) is 16.0 Å². The highest BCUT2D eigenvalue weighted by molar-refractivity contribution is 5.83. The molecule has 2 rings (SSSR count). The minimum absolute atomic E-state index is 0.0915. The van der Waals surface area contributed by atoms with Crippen molar-refractivity contribution in [1.29, 1.82) is 0 Å². The summed E-state index contributed by atoms with van der Waals surface area (Å²) in [5.41, 5.74) is 1.12. The minimum atomic E-state index is -0.283. The van der Waals surface area contributed by atoms with Gasteiger partial charge < -0.3 is 16.0 Å². The molecule has 134 valence electrons. The summed E-state index contributed by atoms with van der Waals surface area (Å²) in [4.78, 5) is 12.8. The van der Waals surface area contributed by atoms with Crippen molar-refractivity contribution in [2.24, 2.45) is 0 Å². The van der Waals surface area contributed by atoms with E-state index < -0.39 is 0 Å². The Balaban J connectivity index is 1.93. The van der Waals surface area contributed by atoms with Crippen molar-refractivity contribution >= 4 is 5.91 Å². The van der Waals surface area contributed by atoms with Gasteiger partial charge in [0.1, 0.15) is 6.04 Å². The monoisotopic (exact) mass is 331 g/mol. The molecule has 0 aliphatic heterocycles. The maximum Gasteiger partial charge on any atom is 0.241 e. The Labute approximate surface area is 146 Å². The zero-order chi connectivity index (χ0) is 17.4. The van der Waals surface area contributed by atoms with E-state index in [1.54, 1.807) is 0 Å². The molecule has 0 bridgehead atoms. The van der Waals surface area contributed by atoms with Crippen LogP contribution in [0.15, 0.2) is 30.3 Å². The van der Waals surface area contributed by atoms with E-state index in [-0.39, 0.29) is 17.5 Å². The van der Waals surface area contributed by atoms with Crippen molar-refractivity contribution in [3.63, 3.8) is 0 Å².